The monoisotopic (exact) mass is 602 g/mol. The van der Waals surface area contributed by atoms with Crippen molar-refractivity contribution in [1.29, 1.82) is 0 Å². The minimum Gasteiger partial charge on any atom is -0.497 e. The van der Waals surface area contributed by atoms with Gasteiger partial charge in [-0.2, -0.15) is 0 Å². The van der Waals surface area contributed by atoms with Crippen LogP contribution in [0.5, 0.6) is 17.2 Å². The molecule has 0 unspecified atom stereocenters. The first-order valence-electron chi connectivity index (χ1n) is 15.2. The average molecular weight is 603 g/mol. The smallest absolute Gasteiger partial charge is 0.329 e. The van der Waals surface area contributed by atoms with E-state index in [-0.39, 0.29) is 12.1 Å². The van der Waals surface area contributed by atoms with Crippen molar-refractivity contribution in [2.75, 3.05) is 32.1 Å². The lowest BCUT2D eigenvalue weighted by Crippen LogP contribution is -2.46. The Balaban J connectivity index is 1.15. The van der Waals surface area contributed by atoms with E-state index < -0.39 is 0 Å². The van der Waals surface area contributed by atoms with E-state index in [9.17, 15) is 4.79 Å². The summed E-state index contributed by atoms with van der Waals surface area (Å²) in [6.07, 6.45) is 5.12. The van der Waals surface area contributed by atoms with Gasteiger partial charge in [-0.3, -0.25) is 4.57 Å². The average Bonchev–Trinajstić information content (AvgIpc) is 3.61. The Morgan fingerprint density at radius 3 is 2.02 bits per heavy atom. The number of aromatic nitrogens is 2. The maximum absolute atomic E-state index is 13.5. The molecule has 0 bridgehead atoms. The summed E-state index contributed by atoms with van der Waals surface area (Å²) in [5.41, 5.74) is 4.76. The van der Waals surface area contributed by atoms with E-state index in [1.54, 1.807) is 24.2 Å². The molecule has 1 aromatic heterocycles. The summed E-state index contributed by atoms with van der Waals surface area (Å²) >= 11 is 0. The van der Waals surface area contributed by atoms with E-state index >= 15 is 0 Å². The van der Waals surface area contributed by atoms with Crippen molar-refractivity contribution in [1.82, 2.24) is 14.5 Å². The largest absolute Gasteiger partial charge is 0.497 e. The second-order valence-corrected chi connectivity index (χ2v) is 11.2. The molecule has 0 radical (unpaired) electrons. The number of carbonyl (C=O) groups is 1. The number of hydrogen-bond acceptors (Lipinski definition) is 6. The van der Waals surface area contributed by atoms with E-state index in [1.807, 2.05) is 103 Å². The molecule has 1 aliphatic heterocycles. The molecule has 6 rings (SSSR count). The highest BCUT2D eigenvalue weighted by Crippen LogP contribution is 2.31. The van der Waals surface area contributed by atoms with Gasteiger partial charge in [0.25, 0.3) is 0 Å². The van der Waals surface area contributed by atoms with E-state index in [2.05, 4.69) is 22.0 Å². The summed E-state index contributed by atoms with van der Waals surface area (Å²) in [6.45, 7) is 2.59. The van der Waals surface area contributed by atoms with Crippen molar-refractivity contribution in [3.8, 4) is 28.5 Å². The molecule has 45 heavy (non-hydrogen) atoms. The molecule has 1 fully saturated rings. The first kappa shape index (κ1) is 29.8. The number of carbonyl (C=O) groups excluding carboxylic acids is 1. The van der Waals surface area contributed by atoms with Gasteiger partial charge >= 0.3 is 6.03 Å². The summed E-state index contributed by atoms with van der Waals surface area (Å²) in [6, 6.07) is 34.0. The van der Waals surface area contributed by atoms with E-state index in [0.717, 1.165) is 54.1 Å². The zero-order chi connectivity index (χ0) is 31.0. The van der Waals surface area contributed by atoms with Crippen LogP contribution in [-0.4, -0.2) is 53.8 Å². The highest BCUT2D eigenvalue weighted by atomic mass is 16.5. The number of methoxy groups -OCH3 is 1. The van der Waals surface area contributed by atoms with Crippen LogP contribution >= 0.6 is 0 Å². The Labute approximate surface area is 264 Å². The predicted octanol–water partition coefficient (Wildman–Crippen LogP) is 7.29. The molecular weight excluding hydrogens is 564 g/mol. The summed E-state index contributed by atoms with van der Waals surface area (Å²) < 4.78 is 19.3. The third kappa shape index (κ3) is 7.47. The number of amides is 1. The number of benzene rings is 4. The lowest BCUT2D eigenvalue weighted by atomic mass is 10.0. The Kier molecular flexibility index (Phi) is 9.30. The fourth-order valence-electron chi connectivity index (χ4n) is 5.60. The Morgan fingerprint density at radius 1 is 0.800 bits per heavy atom. The van der Waals surface area contributed by atoms with Crippen molar-refractivity contribution in [2.45, 2.75) is 32.1 Å². The van der Waals surface area contributed by atoms with Crippen molar-refractivity contribution in [3.05, 3.63) is 127 Å². The maximum atomic E-state index is 13.5. The second kappa shape index (κ2) is 14.0. The Bertz CT molecular complexity index is 1640. The van der Waals surface area contributed by atoms with E-state index in [4.69, 9.17) is 14.2 Å². The molecule has 1 aliphatic rings. The van der Waals surface area contributed by atoms with Crippen molar-refractivity contribution >= 4 is 11.7 Å². The normalized spacial score (nSPS) is 13.3. The molecule has 0 saturated carbocycles. The summed E-state index contributed by atoms with van der Waals surface area (Å²) in [7, 11) is 3.56. The SMILES string of the molecule is COc1cccc(N2CCC(N(C)C(=O)n3cnc(-c4cc(OCc5ccccc5)cc(OCc5ccccc5)c4)c3)CC2)c1. The maximum Gasteiger partial charge on any atom is 0.329 e. The van der Waals surface area contributed by atoms with Crippen molar-refractivity contribution in [3.63, 3.8) is 0 Å². The van der Waals surface area contributed by atoms with Gasteiger partial charge in [0.1, 0.15) is 36.8 Å². The molecule has 1 saturated heterocycles. The van der Waals surface area contributed by atoms with Gasteiger partial charge < -0.3 is 24.0 Å². The highest BCUT2D eigenvalue weighted by Gasteiger charge is 2.27. The van der Waals surface area contributed by atoms with Crippen LogP contribution in [0.2, 0.25) is 0 Å². The topological polar surface area (TPSA) is 69.1 Å². The number of nitrogens with zero attached hydrogens (tertiary/aromatic N) is 4. The third-order valence-electron chi connectivity index (χ3n) is 8.21. The fourth-order valence-corrected chi connectivity index (χ4v) is 5.60. The van der Waals surface area contributed by atoms with Gasteiger partial charge in [-0.25, -0.2) is 9.78 Å². The number of rotatable bonds is 10. The number of piperidine rings is 1. The van der Waals surface area contributed by atoms with Gasteiger partial charge in [0, 0.05) is 55.8 Å². The quantitative estimate of drug-likeness (QED) is 0.167. The number of anilines is 1. The zero-order valence-electron chi connectivity index (χ0n) is 25.7. The number of ether oxygens (including phenoxy) is 3. The molecular formula is C37H38N4O4. The van der Waals surface area contributed by atoms with Gasteiger partial charge in [0.15, 0.2) is 0 Å². The molecule has 4 aromatic carbocycles. The molecule has 0 N–H and O–H groups in total. The first-order chi connectivity index (χ1) is 22.1. The molecule has 5 aromatic rings. The minimum atomic E-state index is -0.106. The van der Waals surface area contributed by atoms with Crippen LogP contribution in [0.4, 0.5) is 10.5 Å². The summed E-state index contributed by atoms with van der Waals surface area (Å²) in [5.74, 6) is 2.18. The predicted molar refractivity (Wildman–Crippen MR) is 176 cm³/mol. The fraction of sp³-hybridized carbons (Fsp3) is 0.243. The molecule has 8 nitrogen and oxygen atoms in total. The molecule has 8 heteroatoms. The van der Waals surface area contributed by atoms with Gasteiger partial charge in [-0.1, -0.05) is 66.7 Å². The highest BCUT2D eigenvalue weighted by molar-refractivity contribution is 5.78. The van der Waals surface area contributed by atoms with Gasteiger partial charge in [0.05, 0.1) is 12.8 Å². The van der Waals surface area contributed by atoms with Crippen LogP contribution in [0.1, 0.15) is 24.0 Å². The van der Waals surface area contributed by atoms with Crippen LogP contribution < -0.4 is 19.1 Å². The van der Waals surface area contributed by atoms with Crippen LogP contribution in [0.25, 0.3) is 11.3 Å². The van der Waals surface area contributed by atoms with E-state index in [0.29, 0.717) is 30.4 Å². The molecule has 1 amide bonds. The number of imidazole rings is 1. The number of hydrogen-bond donors (Lipinski definition) is 0. The second-order valence-electron chi connectivity index (χ2n) is 11.2. The molecule has 0 spiro atoms. The van der Waals surface area contributed by atoms with Crippen molar-refractivity contribution in [2.24, 2.45) is 0 Å². The summed E-state index contributed by atoms with van der Waals surface area (Å²) in [4.78, 5) is 22.3. The lowest BCUT2D eigenvalue weighted by molar-refractivity contribution is 0.181. The Hall–Kier alpha value is -5.24. The van der Waals surface area contributed by atoms with Gasteiger partial charge in [0.2, 0.25) is 0 Å². The van der Waals surface area contributed by atoms with Gasteiger partial charge in [-0.15, -0.1) is 0 Å². The van der Waals surface area contributed by atoms with Crippen LogP contribution in [0, 0.1) is 0 Å². The first-order valence-corrected chi connectivity index (χ1v) is 15.2. The lowest BCUT2D eigenvalue weighted by Gasteiger charge is -2.37. The van der Waals surface area contributed by atoms with Crippen LogP contribution in [-0.2, 0) is 13.2 Å². The minimum absolute atomic E-state index is 0.106. The van der Waals surface area contributed by atoms with Crippen LogP contribution in [0.3, 0.4) is 0 Å². The zero-order valence-corrected chi connectivity index (χ0v) is 25.7. The summed E-state index contributed by atoms with van der Waals surface area (Å²) in [5, 5.41) is 0. The van der Waals surface area contributed by atoms with Crippen LogP contribution in [0.15, 0.2) is 116 Å². The van der Waals surface area contributed by atoms with Gasteiger partial charge in [-0.05, 0) is 48.2 Å². The molecule has 230 valence electrons. The molecule has 2 heterocycles. The molecule has 0 aliphatic carbocycles. The standard InChI is InChI=1S/C37H38N4O4/c1-39(31-16-18-40(19-17-31)32-14-9-15-33(22-32)43-2)37(42)41-24-36(38-27-41)30-20-34(44-25-28-10-5-3-6-11-28)23-35(21-30)45-26-29-12-7-4-8-13-29/h3-15,20-24,27,31H,16-19,25-26H2,1-2H3. The Morgan fingerprint density at radius 2 is 1.42 bits per heavy atom. The molecule has 0 atom stereocenters. The van der Waals surface area contributed by atoms with Crippen molar-refractivity contribution < 1.29 is 19.0 Å². The third-order valence-corrected chi connectivity index (χ3v) is 8.21. The van der Waals surface area contributed by atoms with E-state index in [1.165, 1.54) is 0 Å².